The molecule has 8 nitrogen and oxygen atoms in total. The first-order valence-corrected chi connectivity index (χ1v) is 9.29. The van der Waals surface area contributed by atoms with Crippen LogP contribution >= 0.6 is 0 Å². The minimum Gasteiger partial charge on any atom is -0.444 e. The van der Waals surface area contributed by atoms with E-state index in [4.69, 9.17) is 4.74 Å². The Kier molecular flexibility index (Phi) is 5.54. The van der Waals surface area contributed by atoms with E-state index in [1.807, 2.05) is 6.07 Å². The van der Waals surface area contributed by atoms with Crippen molar-refractivity contribution in [2.75, 3.05) is 11.4 Å². The molecule has 2 aromatic carbocycles. The quantitative estimate of drug-likeness (QED) is 0.625. The summed E-state index contributed by atoms with van der Waals surface area (Å²) < 4.78 is 5.31. The molecule has 1 atom stereocenters. The van der Waals surface area contributed by atoms with Gasteiger partial charge in [0.2, 0.25) is 0 Å². The van der Waals surface area contributed by atoms with Gasteiger partial charge in [-0.2, -0.15) is 0 Å². The molecule has 1 heterocycles. The fraction of sp³-hybridized carbons (Fsp3) is 0.333. The van der Waals surface area contributed by atoms with Crippen LogP contribution in [-0.4, -0.2) is 29.1 Å². The molecule has 2 amide bonds. The number of ether oxygens (including phenoxy) is 1. The summed E-state index contributed by atoms with van der Waals surface area (Å²) in [5.41, 5.74) is 1.15. The van der Waals surface area contributed by atoms with Gasteiger partial charge in [-0.1, -0.05) is 36.4 Å². The van der Waals surface area contributed by atoms with Crippen molar-refractivity contribution in [2.24, 2.45) is 0 Å². The lowest BCUT2D eigenvalue weighted by Gasteiger charge is -2.27. The van der Waals surface area contributed by atoms with E-state index in [0.717, 1.165) is 5.56 Å². The number of nitro groups is 1. The summed E-state index contributed by atoms with van der Waals surface area (Å²) in [4.78, 5) is 37.9. The monoisotopic (exact) mass is 397 g/mol. The van der Waals surface area contributed by atoms with Gasteiger partial charge in [0.05, 0.1) is 10.6 Å². The maximum Gasteiger partial charge on any atom is 0.408 e. The SMILES string of the molecule is CC(C)(C)OC(=O)NC(C(=O)N1CCc2ccc([N+](=O)[O-])cc21)c1ccccc1. The highest BCUT2D eigenvalue weighted by atomic mass is 16.6. The van der Waals surface area contributed by atoms with Crippen LogP contribution in [0.25, 0.3) is 0 Å². The van der Waals surface area contributed by atoms with Crippen LogP contribution in [0.4, 0.5) is 16.2 Å². The van der Waals surface area contributed by atoms with Crippen LogP contribution in [-0.2, 0) is 16.0 Å². The lowest BCUT2D eigenvalue weighted by Crippen LogP contribution is -2.44. The summed E-state index contributed by atoms with van der Waals surface area (Å²) >= 11 is 0. The van der Waals surface area contributed by atoms with Crippen LogP contribution in [0.1, 0.15) is 37.9 Å². The van der Waals surface area contributed by atoms with E-state index in [1.165, 1.54) is 17.0 Å². The third-order valence-corrected chi connectivity index (χ3v) is 4.48. The molecule has 152 valence electrons. The molecule has 3 rings (SSSR count). The first-order valence-electron chi connectivity index (χ1n) is 9.29. The first-order chi connectivity index (χ1) is 13.7. The zero-order valence-electron chi connectivity index (χ0n) is 16.5. The average molecular weight is 397 g/mol. The van der Waals surface area contributed by atoms with Gasteiger partial charge in [-0.05, 0) is 38.3 Å². The number of nitrogens with zero attached hydrogens (tertiary/aromatic N) is 2. The fourth-order valence-corrected chi connectivity index (χ4v) is 3.22. The van der Waals surface area contributed by atoms with Crippen LogP contribution in [0.15, 0.2) is 48.5 Å². The van der Waals surface area contributed by atoms with E-state index in [1.54, 1.807) is 51.1 Å². The molecule has 0 bridgehead atoms. The average Bonchev–Trinajstić information content (AvgIpc) is 3.08. The van der Waals surface area contributed by atoms with Crippen molar-refractivity contribution in [1.29, 1.82) is 0 Å². The van der Waals surface area contributed by atoms with E-state index in [0.29, 0.717) is 24.2 Å². The number of nitro benzene ring substituents is 1. The normalized spacial score (nSPS) is 14.1. The van der Waals surface area contributed by atoms with Crippen molar-refractivity contribution < 1.29 is 19.2 Å². The summed E-state index contributed by atoms with van der Waals surface area (Å²) in [6.45, 7) is 5.60. The van der Waals surface area contributed by atoms with Crippen molar-refractivity contribution >= 4 is 23.4 Å². The number of alkyl carbamates (subject to hydrolysis) is 1. The predicted molar refractivity (Wildman–Crippen MR) is 108 cm³/mol. The highest BCUT2D eigenvalue weighted by molar-refractivity contribution is 6.01. The number of carbonyl (C=O) groups excluding carboxylic acids is 2. The summed E-state index contributed by atoms with van der Waals surface area (Å²) in [6, 6.07) is 12.4. The molecular formula is C21H23N3O5. The lowest BCUT2D eigenvalue weighted by atomic mass is 10.1. The van der Waals surface area contributed by atoms with Crippen molar-refractivity contribution in [3.8, 4) is 0 Å². The second kappa shape index (κ2) is 7.90. The third-order valence-electron chi connectivity index (χ3n) is 4.48. The topological polar surface area (TPSA) is 102 Å². The number of hydrogen-bond acceptors (Lipinski definition) is 5. The maximum atomic E-state index is 13.4. The van der Waals surface area contributed by atoms with E-state index in [2.05, 4.69) is 5.32 Å². The molecule has 0 spiro atoms. The smallest absolute Gasteiger partial charge is 0.408 e. The number of nitrogens with one attached hydrogen (secondary N) is 1. The van der Waals surface area contributed by atoms with E-state index < -0.39 is 22.7 Å². The Morgan fingerprint density at radius 2 is 1.86 bits per heavy atom. The van der Waals surface area contributed by atoms with Crippen molar-refractivity contribution in [3.63, 3.8) is 0 Å². The molecule has 0 aliphatic carbocycles. The molecule has 2 aromatic rings. The molecule has 1 aliphatic heterocycles. The van der Waals surface area contributed by atoms with Gasteiger partial charge in [-0.25, -0.2) is 4.79 Å². The predicted octanol–water partition coefficient (Wildman–Crippen LogP) is 3.75. The Morgan fingerprint density at radius 1 is 1.17 bits per heavy atom. The number of benzene rings is 2. The van der Waals surface area contributed by atoms with E-state index in [9.17, 15) is 19.7 Å². The molecule has 0 aromatic heterocycles. The number of fused-ring (bicyclic) bond motifs is 1. The molecule has 1 unspecified atom stereocenters. The third kappa shape index (κ3) is 4.71. The van der Waals surface area contributed by atoms with Gasteiger partial charge in [-0.15, -0.1) is 0 Å². The minimum atomic E-state index is -0.976. The van der Waals surface area contributed by atoms with Crippen LogP contribution in [0.5, 0.6) is 0 Å². The number of non-ortho nitro benzene ring substituents is 1. The molecule has 0 saturated carbocycles. The van der Waals surface area contributed by atoms with Crippen molar-refractivity contribution in [1.82, 2.24) is 5.32 Å². The minimum absolute atomic E-state index is 0.0835. The van der Waals surface area contributed by atoms with Gasteiger partial charge in [0.1, 0.15) is 11.6 Å². The van der Waals surface area contributed by atoms with Gasteiger partial charge in [0, 0.05) is 18.7 Å². The van der Waals surface area contributed by atoms with Crippen molar-refractivity contribution in [2.45, 2.75) is 38.8 Å². The zero-order chi connectivity index (χ0) is 21.2. The fourth-order valence-electron chi connectivity index (χ4n) is 3.22. The Labute approximate surface area is 168 Å². The van der Waals surface area contributed by atoms with Gasteiger partial charge in [0.25, 0.3) is 11.6 Å². The molecule has 8 heteroatoms. The second-order valence-corrected chi connectivity index (χ2v) is 7.80. The van der Waals surface area contributed by atoms with Crippen molar-refractivity contribution in [3.05, 3.63) is 69.8 Å². The maximum absolute atomic E-state index is 13.4. The first kappa shape index (κ1) is 20.3. The second-order valence-electron chi connectivity index (χ2n) is 7.80. The molecule has 0 fully saturated rings. The Bertz CT molecular complexity index is 937. The van der Waals surface area contributed by atoms with Crippen LogP contribution in [0.2, 0.25) is 0 Å². The number of amides is 2. The molecule has 1 N–H and O–H groups in total. The highest BCUT2D eigenvalue weighted by Crippen LogP contribution is 2.33. The van der Waals surface area contributed by atoms with Gasteiger partial charge >= 0.3 is 6.09 Å². The van der Waals surface area contributed by atoms with Crippen LogP contribution in [0, 0.1) is 10.1 Å². The number of anilines is 1. The van der Waals surface area contributed by atoms with Gasteiger partial charge < -0.3 is 15.0 Å². The van der Waals surface area contributed by atoms with E-state index >= 15 is 0 Å². The molecule has 0 radical (unpaired) electrons. The highest BCUT2D eigenvalue weighted by Gasteiger charge is 2.34. The lowest BCUT2D eigenvalue weighted by molar-refractivity contribution is -0.384. The summed E-state index contributed by atoms with van der Waals surface area (Å²) in [7, 11) is 0. The summed E-state index contributed by atoms with van der Waals surface area (Å²) in [6.07, 6.45) is -0.120. The Morgan fingerprint density at radius 3 is 2.48 bits per heavy atom. The van der Waals surface area contributed by atoms with Gasteiger partial charge in [-0.3, -0.25) is 14.9 Å². The Balaban J connectivity index is 1.91. The summed E-state index contributed by atoms with van der Waals surface area (Å²) in [5, 5.41) is 13.8. The molecular weight excluding hydrogens is 374 g/mol. The standard InChI is InChI=1S/C21H23N3O5/c1-21(2,3)29-20(26)22-18(15-7-5-4-6-8-15)19(25)23-12-11-14-9-10-16(24(27)28)13-17(14)23/h4-10,13,18H,11-12H2,1-3H3,(H,22,26). The van der Waals surface area contributed by atoms with Gasteiger partial charge in [0.15, 0.2) is 0 Å². The number of rotatable bonds is 4. The molecule has 0 saturated heterocycles. The molecule has 1 aliphatic rings. The van der Waals surface area contributed by atoms with E-state index in [-0.39, 0.29) is 11.6 Å². The largest absolute Gasteiger partial charge is 0.444 e. The molecule has 29 heavy (non-hydrogen) atoms. The zero-order valence-corrected chi connectivity index (χ0v) is 16.5. The summed E-state index contributed by atoms with van der Waals surface area (Å²) in [5.74, 6) is -0.374. The number of carbonyl (C=O) groups is 2. The Hall–Kier alpha value is -3.42. The van der Waals surface area contributed by atoms with Crippen LogP contribution in [0.3, 0.4) is 0 Å². The van der Waals surface area contributed by atoms with Crippen LogP contribution < -0.4 is 10.2 Å². The number of hydrogen-bond donors (Lipinski definition) is 1.